The molecule has 130 valence electrons. The molecule has 1 aromatic carbocycles. The smallest absolute Gasteiger partial charge is 0.330 e. The van der Waals surface area contributed by atoms with E-state index in [4.69, 9.17) is 5.73 Å². The molecule has 0 amide bonds. The highest BCUT2D eigenvalue weighted by molar-refractivity contribution is 5.87. The molecule has 8 nitrogen and oxygen atoms in total. The van der Waals surface area contributed by atoms with Crippen molar-refractivity contribution in [1.82, 2.24) is 0 Å². The number of hydrogen-bond acceptors (Lipinski definition) is 7. The zero-order valence-corrected chi connectivity index (χ0v) is 13.5. The Balaban J connectivity index is 2.23. The van der Waals surface area contributed by atoms with Gasteiger partial charge in [0.1, 0.15) is 5.69 Å². The highest BCUT2D eigenvalue weighted by Gasteiger charge is 2.32. The van der Waals surface area contributed by atoms with Crippen molar-refractivity contribution < 1.29 is 19.6 Å². The number of nitrogens with two attached hydrogens (primary N) is 1. The number of benzene rings is 1. The number of aliphatic hydroxyl groups is 1. The van der Waals surface area contributed by atoms with Crippen LogP contribution in [-0.2, 0) is 9.53 Å². The van der Waals surface area contributed by atoms with Crippen LogP contribution < -0.4 is 10.6 Å². The van der Waals surface area contributed by atoms with Gasteiger partial charge in [0, 0.05) is 30.8 Å². The molecular formula is C16H21N3O5. The number of nitro groups is 1. The van der Waals surface area contributed by atoms with Gasteiger partial charge in [0.15, 0.2) is 0 Å². The van der Waals surface area contributed by atoms with Gasteiger partial charge in [0.2, 0.25) is 0 Å². The van der Waals surface area contributed by atoms with E-state index in [1.54, 1.807) is 12.1 Å². The molecule has 2 rings (SSSR count). The molecular weight excluding hydrogens is 314 g/mol. The first-order valence-corrected chi connectivity index (χ1v) is 7.58. The predicted molar refractivity (Wildman–Crippen MR) is 89.6 cm³/mol. The van der Waals surface area contributed by atoms with Gasteiger partial charge in [0.05, 0.1) is 18.6 Å². The topological polar surface area (TPSA) is 119 Å². The third-order valence-electron chi connectivity index (χ3n) is 4.22. The number of carbonyl (C=O) groups is 1. The number of nitrogens with zero attached hydrogens (tertiary/aromatic N) is 2. The molecule has 0 spiro atoms. The number of hydrogen-bond donors (Lipinski definition) is 2. The van der Waals surface area contributed by atoms with Gasteiger partial charge in [-0.1, -0.05) is 6.07 Å². The van der Waals surface area contributed by atoms with Crippen LogP contribution >= 0.6 is 0 Å². The van der Waals surface area contributed by atoms with Crippen molar-refractivity contribution in [2.24, 2.45) is 5.73 Å². The minimum absolute atomic E-state index is 0.0319. The van der Waals surface area contributed by atoms with Crippen molar-refractivity contribution >= 4 is 23.4 Å². The largest absolute Gasteiger partial charge is 0.466 e. The van der Waals surface area contributed by atoms with Crippen LogP contribution in [0.2, 0.25) is 0 Å². The number of aliphatic hydroxyl groups excluding tert-OH is 1. The fourth-order valence-electron chi connectivity index (χ4n) is 2.64. The Kier molecular flexibility index (Phi) is 5.53. The molecule has 1 fully saturated rings. The van der Waals surface area contributed by atoms with Crippen molar-refractivity contribution in [1.29, 1.82) is 0 Å². The normalized spacial score (nSPS) is 17.0. The summed E-state index contributed by atoms with van der Waals surface area (Å²) < 4.78 is 4.50. The number of esters is 1. The third kappa shape index (κ3) is 4.09. The average molecular weight is 335 g/mol. The maximum atomic E-state index is 11.4. The molecule has 1 saturated heterocycles. The van der Waals surface area contributed by atoms with Gasteiger partial charge in [-0.2, -0.15) is 0 Å². The van der Waals surface area contributed by atoms with Crippen LogP contribution in [0.3, 0.4) is 0 Å². The SMILES string of the molecule is COC(=O)/C=C/c1ccc(N2CCC(N)(CO)CC2)c([N+](=O)[O-])c1. The Morgan fingerprint density at radius 2 is 2.17 bits per heavy atom. The summed E-state index contributed by atoms with van der Waals surface area (Å²) in [4.78, 5) is 24.0. The molecule has 1 aliphatic heterocycles. The second-order valence-electron chi connectivity index (χ2n) is 5.87. The average Bonchev–Trinajstić information content (AvgIpc) is 2.60. The van der Waals surface area contributed by atoms with E-state index < -0.39 is 16.4 Å². The Morgan fingerprint density at radius 1 is 1.50 bits per heavy atom. The van der Waals surface area contributed by atoms with Crippen LogP contribution in [0, 0.1) is 10.1 Å². The van der Waals surface area contributed by atoms with E-state index in [2.05, 4.69) is 4.74 Å². The second-order valence-corrected chi connectivity index (χ2v) is 5.87. The van der Waals surface area contributed by atoms with E-state index in [0.717, 1.165) is 0 Å². The Labute approximate surface area is 139 Å². The number of rotatable bonds is 5. The molecule has 1 aromatic rings. The van der Waals surface area contributed by atoms with Crippen LogP contribution in [0.4, 0.5) is 11.4 Å². The number of piperidine rings is 1. The second kappa shape index (κ2) is 7.41. The predicted octanol–water partition coefficient (Wildman–Crippen LogP) is 1.07. The lowest BCUT2D eigenvalue weighted by atomic mass is 9.89. The van der Waals surface area contributed by atoms with E-state index >= 15 is 0 Å². The maximum absolute atomic E-state index is 11.4. The van der Waals surface area contributed by atoms with Gasteiger partial charge >= 0.3 is 5.97 Å². The lowest BCUT2D eigenvalue weighted by molar-refractivity contribution is -0.384. The Hall–Kier alpha value is -2.45. The van der Waals surface area contributed by atoms with Crippen LogP contribution in [0.1, 0.15) is 18.4 Å². The quantitative estimate of drug-likeness (QED) is 0.357. The molecule has 0 radical (unpaired) electrons. The summed E-state index contributed by atoms with van der Waals surface area (Å²) >= 11 is 0. The van der Waals surface area contributed by atoms with Crippen LogP contribution in [0.25, 0.3) is 6.08 Å². The van der Waals surface area contributed by atoms with E-state index in [0.29, 0.717) is 37.2 Å². The lowest BCUT2D eigenvalue weighted by Crippen LogP contribution is -2.53. The van der Waals surface area contributed by atoms with E-state index in [-0.39, 0.29) is 12.3 Å². The molecule has 0 unspecified atom stereocenters. The maximum Gasteiger partial charge on any atom is 0.330 e. The number of ether oxygens (including phenoxy) is 1. The van der Waals surface area contributed by atoms with Crippen LogP contribution in [-0.4, -0.2) is 48.3 Å². The molecule has 0 bridgehead atoms. The number of anilines is 1. The summed E-state index contributed by atoms with van der Waals surface area (Å²) in [7, 11) is 1.26. The van der Waals surface area contributed by atoms with Gasteiger partial charge in [0.25, 0.3) is 5.69 Å². The van der Waals surface area contributed by atoms with Gasteiger partial charge in [-0.15, -0.1) is 0 Å². The Morgan fingerprint density at radius 3 is 2.71 bits per heavy atom. The third-order valence-corrected chi connectivity index (χ3v) is 4.22. The van der Waals surface area contributed by atoms with Gasteiger partial charge < -0.3 is 20.5 Å². The van der Waals surface area contributed by atoms with Crippen molar-refractivity contribution in [2.75, 3.05) is 31.7 Å². The molecule has 0 saturated carbocycles. The molecule has 3 N–H and O–H groups in total. The van der Waals surface area contributed by atoms with Gasteiger partial charge in [-0.05, 0) is 30.5 Å². The van der Waals surface area contributed by atoms with Crippen LogP contribution in [0.5, 0.6) is 0 Å². The fraction of sp³-hybridized carbons (Fsp3) is 0.438. The first-order chi connectivity index (χ1) is 11.4. The standard InChI is InChI=1S/C16H21N3O5/c1-24-15(21)5-3-12-2-4-13(14(10-12)19(22)23)18-8-6-16(17,11-20)7-9-18/h2-5,10,20H,6-9,11,17H2,1H3/b5-3+. The van der Waals surface area contributed by atoms with Crippen molar-refractivity contribution in [3.05, 3.63) is 40.0 Å². The summed E-state index contributed by atoms with van der Waals surface area (Å²) in [6.07, 6.45) is 3.80. The molecule has 0 aromatic heterocycles. The summed E-state index contributed by atoms with van der Waals surface area (Å²) in [6.45, 7) is 0.977. The summed E-state index contributed by atoms with van der Waals surface area (Å²) in [5.41, 5.74) is 6.44. The lowest BCUT2D eigenvalue weighted by Gasteiger charge is -2.38. The van der Waals surface area contributed by atoms with Gasteiger partial charge in [-0.25, -0.2) is 4.79 Å². The molecule has 1 aliphatic rings. The summed E-state index contributed by atoms with van der Waals surface area (Å²) in [6, 6.07) is 4.79. The molecule has 1 heterocycles. The molecule has 0 aliphatic carbocycles. The zero-order valence-electron chi connectivity index (χ0n) is 13.5. The van der Waals surface area contributed by atoms with Crippen LogP contribution in [0.15, 0.2) is 24.3 Å². The van der Waals surface area contributed by atoms with Gasteiger partial charge in [-0.3, -0.25) is 10.1 Å². The Bertz CT molecular complexity index is 651. The van der Waals surface area contributed by atoms with Crippen molar-refractivity contribution in [3.63, 3.8) is 0 Å². The first-order valence-electron chi connectivity index (χ1n) is 7.58. The minimum atomic E-state index is -0.617. The molecule has 24 heavy (non-hydrogen) atoms. The van der Waals surface area contributed by atoms with Crippen molar-refractivity contribution in [3.8, 4) is 0 Å². The van der Waals surface area contributed by atoms with E-state index in [9.17, 15) is 20.0 Å². The minimum Gasteiger partial charge on any atom is -0.466 e. The highest BCUT2D eigenvalue weighted by atomic mass is 16.6. The highest BCUT2D eigenvalue weighted by Crippen LogP contribution is 2.33. The molecule has 8 heteroatoms. The van der Waals surface area contributed by atoms with Crippen molar-refractivity contribution in [2.45, 2.75) is 18.4 Å². The summed E-state index contributed by atoms with van der Waals surface area (Å²) in [5, 5.41) is 20.7. The number of carbonyl (C=O) groups excluding carboxylic acids is 1. The molecule has 0 atom stereocenters. The zero-order chi connectivity index (χ0) is 17.7. The monoisotopic (exact) mass is 335 g/mol. The summed E-state index contributed by atoms with van der Waals surface area (Å²) in [5.74, 6) is -0.527. The van der Waals surface area contributed by atoms with E-state index in [1.165, 1.54) is 25.3 Å². The van der Waals surface area contributed by atoms with E-state index in [1.807, 2.05) is 4.90 Å². The fourth-order valence-corrected chi connectivity index (χ4v) is 2.64. The number of nitro benzene ring substituents is 1. The number of methoxy groups -OCH3 is 1. The first kappa shape index (κ1) is 17.9.